The molecule has 2 fully saturated rings. The Morgan fingerprint density at radius 3 is 2.64 bits per heavy atom. The molecule has 3 aromatic rings. The maximum absolute atomic E-state index is 12.9. The van der Waals surface area contributed by atoms with Crippen LogP contribution in [0.3, 0.4) is 0 Å². The van der Waals surface area contributed by atoms with Crippen LogP contribution in [0.25, 0.3) is 11.0 Å². The minimum atomic E-state index is -0.269. The number of likely N-dealkylation sites (N-methyl/N-ethyl adjacent to an activating group) is 1. The van der Waals surface area contributed by atoms with Crippen molar-refractivity contribution in [3.8, 4) is 6.07 Å². The third-order valence-corrected chi connectivity index (χ3v) is 6.81. The summed E-state index contributed by atoms with van der Waals surface area (Å²) in [6.07, 6.45) is 8.60. The summed E-state index contributed by atoms with van der Waals surface area (Å²) >= 11 is 0. The normalized spacial score (nSPS) is 18.8. The number of hydrogen-bond donors (Lipinski definition) is 1. The second-order valence-electron chi connectivity index (χ2n) is 9.14. The molecule has 0 radical (unpaired) electrons. The maximum atomic E-state index is 12.9. The van der Waals surface area contributed by atoms with E-state index >= 15 is 0 Å². The molecular weight excluding hydrogens is 416 g/mol. The Kier molecular flexibility index (Phi) is 5.68. The number of nitriles is 1. The highest BCUT2D eigenvalue weighted by molar-refractivity contribution is 5.77. The smallest absolute Gasteiger partial charge is 0.270 e. The molecule has 33 heavy (non-hydrogen) atoms. The molecule has 1 aliphatic carbocycles. The molecule has 9 heteroatoms. The van der Waals surface area contributed by atoms with E-state index in [1.54, 1.807) is 23.0 Å². The van der Waals surface area contributed by atoms with Crippen LogP contribution in [0.4, 0.5) is 17.5 Å². The summed E-state index contributed by atoms with van der Waals surface area (Å²) in [5, 5.41) is 13.3. The summed E-state index contributed by atoms with van der Waals surface area (Å²) in [4.78, 5) is 31.2. The van der Waals surface area contributed by atoms with Crippen molar-refractivity contribution >= 4 is 28.5 Å². The molecule has 170 valence electrons. The van der Waals surface area contributed by atoms with E-state index in [4.69, 9.17) is 0 Å². The first-order chi connectivity index (χ1) is 16.0. The molecule has 4 heterocycles. The van der Waals surface area contributed by atoms with Gasteiger partial charge in [0.25, 0.3) is 5.56 Å². The van der Waals surface area contributed by atoms with Gasteiger partial charge in [-0.15, -0.1) is 0 Å². The highest BCUT2D eigenvalue weighted by atomic mass is 16.1. The van der Waals surface area contributed by atoms with Crippen LogP contribution in [0.5, 0.6) is 0 Å². The van der Waals surface area contributed by atoms with E-state index in [9.17, 15) is 10.1 Å². The Morgan fingerprint density at radius 2 is 1.97 bits per heavy atom. The zero-order chi connectivity index (χ0) is 22.9. The molecule has 0 amide bonds. The fraction of sp³-hybridized carbons (Fsp3) is 0.458. The first-order valence-corrected chi connectivity index (χ1v) is 11.5. The van der Waals surface area contributed by atoms with E-state index < -0.39 is 0 Å². The van der Waals surface area contributed by atoms with Gasteiger partial charge in [0.2, 0.25) is 5.95 Å². The molecule has 0 bridgehead atoms. The average Bonchev–Trinajstić information content (AvgIpc) is 3.52. The lowest BCUT2D eigenvalue weighted by atomic mass is 10.2. The van der Waals surface area contributed by atoms with Gasteiger partial charge in [-0.3, -0.25) is 9.36 Å². The fourth-order valence-electron chi connectivity index (χ4n) is 4.91. The molecule has 1 unspecified atom stereocenters. The van der Waals surface area contributed by atoms with Gasteiger partial charge in [-0.1, -0.05) is 12.8 Å². The Hall–Kier alpha value is -3.51. The van der Waals surface area contributed by atoms with Crippen molar-refractivity contribution in [3.05, 3.63) is 46.5 Å². The quantitative estimate of drug-likeness (QED) is 0.641. The van der Waals surface area contributed by atoms with Gasteiger partial charge in [-0.2, -0.15) is 10.2 Å². The number of anilines is 3. The highest BCUT2D eigenvalue weighted by Gasteiger charge is 2.25. The zero-order valence-corrected chi connectivity index (χ0v) is 19.0. The van der Waals surface area contributed by atoms with Crippen molar-refractivity contribution in [2.75, 3.05) is 37.4 Å². The van der Waals surface area contributed by atoms with Crippen LogP contribution in [-0.2, 0) is 0 Å². The van der Waals surface area contributed by atoms with E-state index in [0.717, 1.165) is 56.7 Å². The van der Waals surface area contributed by atoms with Crippen molar-refractivity contribution in [2.24, 2.45) is 0 Å². The van der Waals surface area contributed by atoms with Crippen LogP contribution < -0.4 is 15.8 Å². The number of fused-ring (bicyclic) bond motifs is 1. The van der Waals surface area contributed by atoms with Gasteiger partial charge in [0.15, 0.2) is 0 Å². The van der Waals surface area contributed by atoms with Crippen LogP contribution in [0.15, 0.2) is 35.4 Å². The molecule has 0 aromatic carbocycles. The van der Waals surface area contributed by atoms with Crippen LogP contribution in [0.1, 0.15) is 43.7 Å². The van der Waals surface area contributed by atoms with Crippen molar-refractivity contribution in [3.63, 3.8) is 0 Å². The minimum absolute atomic E-state index is 0.0726. The van der Waals surface area contributed by atoms with E-state index in [-0.39, 0.29) is 17.2 Å². The Bertz CT molecular complexity index is 1250. The lowest BCUT2D eigenvalue weighted by Gasteiger charge is -2.21. The molecule has 5 rings (SSSR count). The number of pyridine rings is 2. The monoisotopic (exact) mass is 444 g/mol. The number of nitrogens with one attached hydrogen (secondary N) is 1. The van der Waals surface area contributed by atoms with E-state index in [2.05, 4.69) is 44.2 Å². The average molecular weight is 445 g/mol. The molecule has 9 nitrogen and oxygen atoms in total. The molecular formula is C24H28N8O. The Morgan fingerprint density at radius 1 is 1.15 bits per heavy atom. The third-order valence-electron chi connectivity index (χ3n) is 6.81. The first kappa shape index (κ1) is 21.3. The summed E-state index contributed by atoms with van der Waals surface area (Å²) in [5.41, 5.74) is 1.22. The van der Waals surface area contributed by atoms with Crippen molar-refractivity contribution < 1.29 is 0 Å². The maximum Gasteiger partial charge on any atom is 0.270 e. The van der Waals surface area contributed by atoms with Gasteiger partial charge in [-0.05, 0) is 51.6 Å². The highest BCUT2D eigenvalue weighted by Crippen LogP contribution is 2.31. The van der Waals surface area contributed by atoms with Crippen molar-refractivity contribution in [2.45, 2.75) is 44.2 Å². The number of rotatable bonds is 5. The lowest BCUT2D eigenvalue weighted by molar-refractivity contribution is 0.315. The summed E-state index contributed by atoms with van der Waals surface area (Å²) in [7, 11) is 4.23. The Labute approximate surface area is 192 Å². The number of aromatic nitrogens is 4. The van der Waals surface area contributed by atoms with Gasteiger partial charge in [0, 0.05) is 36.8 Å². The summed E-state index contributed by atoms with van der Waals surface area (Å²) in [6.45, 7) is 1.98. The predicted molar refractivity (Wildman–Crippen MR) is 128 cm³/mol. The van der Waals surface area contributed by atoms with Crippen LogP contribution in [0.2, 0.25) is 0 Å². The number of hydrogen-bond acceptors (Lipinski definition) is 8. The lowest BCUT2D eigenvalue weighted by Crippen LogP contribution is -2.31. The van der Waals surface area contributed by atoms with E-state index in [0.29, 0.717) is 23.0 Å². The SMILES string of the molecule is CN(C)C1CCN(c2ccc(Nc3ncc4cc(C#N)c(=O)n(C5CCCC5)c4n3)cn2)C1. The summed E-state index contributed by atoms with van der Waals surface area (Å²) in [6, 6.07) is 8.21. The second-order valence-corrected chi connectivity index (χ2v) is 9.14. The number of nitrogens with zero attached hydrogens (tertiary/aromatic N) is 7. The Balaban J connectivity index is 1.41. The van der Waals surface area contributed by atoms with Crippen molar-refractivity contribution in [1.82, 2.24) is 24.4 Å². The summed E-state index contributed by atoms with van der Waals surface area (Å²) < 4.78 is 1.70. The van der Waals surface area contributed by atoms with Gasteiger partial charge in [-0.25, -0.2) is 9.97 Å². The zero-order valence-electron chi connectivity index (χ0n) is 19.0. The van der Waals surface area contributed by atoms with E-state index in [1.807, 2.05) is 18.2 Å². The predicted octanol–water partition coefficient (Wildman–Crippen LogP) is 3.06. The molecule has 1 aliphatic heterocycles. The second kappa shape index (κ2) is 8.79. The molecule has 3 aromatic heterocycles. The van der Waals surface area contributed by atoms with Crippen molar-refractivity contribution in [1.29, 1.82) is 5.26 Å². The van der Waals surface area contributed by atoms with Crippen LogP contribution >= 0.6 is 0 Å². The molecule has 2 aliphatic rings. The standard InChI is InChI=1S/C24H28N8O/c1-30(2)20-9-10-31(15-20)21-8-7-18(14-26-21)28-24-27-13-17-11-16(12-25)23(33)32(22(17)29-24)19-5-3-4-6-19/h7-8,11,13-14,19-20H,3-6,9-10,15H2,1-2H3,(H,27,28,29). The molecule has 1 saturated heterocycles. The largest absolute Gasteiger partial charge is 0.355 e. The first-order valence-electron chi connectivity index (χ1n) is 11.5. The van der Waals surface area contributed by atoms with Gasteiger partial charge < -0.3 is 15.1 Å². The van der Waals surface area contributed by atoms with Crippen LogP contribution in [-0.4, -0.2) is 57.6 Å². The van der Waals surface area contributed by atoms with Gasteiger partial charge in [0.05, 0.1) is 11.9 Å². The van der Waals surface area contributed by atoms with Gasteiger partial charge >= 0.3 is 0 Å². The summed E-state index contributed by atoms with van der Waals surface area (Å²) in [5.74, 6) is 1.37. The minimum Gasteiger partial charge on any atom is -0.355 e. The molecule has 1 N–H and O–H groups in total. The molecule has 0 spiro atoms. The topological polar surface area (TPSA) is 103 Å². The third kappa shape index (κ3) is 4.14. The molecule has 1 saturated carbocycles. The van der Waals surface area contributed by atoms with Crippen LogP contribution in [0, 0.1) is 11.3 Å². The fourth-order valence-corrected chi connectivity index (χ4v) is 4.91. The van der Waals surface area contributed by atoms with E-state index in [1.165, 1.54) is 0 Å². The molecule has 1 atom stereocenters. The van der Waals surface area contributed by atoms with Gasteiger partial charge in [0.1, 0.15) is 23.1 Å².